The van der Waals surface area contributed by atoms with Gasteiger partial charge in [-0.3, -0.25) is 0 Å². The first-order valence-corrected chi connectivity index (χ1v) is 4.14. The Kier molecular flexibility index (Phi) is 4.09. The van der Waals surface area contributed by atoms with Crippen LogP contribution in [0, 0.1) is 11.8 Å². The molecular weight excluding hydrogens is 180 g/mol. The molecule has 0 unspecified atom stereocenters. The van der Waals surface area contributed by atoms with E-state index in [1.807, 2.05) is 30.3 Å². The van der Waals surface area contributed by atoms with Crippen molar-refractivity contribution in [1.29, 1.82) is 0 Å². The molecule has 1 aromatic carbocycles. The number of carbonyl (C=O) groups is 1. The molecule has 0 aliphatic heterocycles. The smallest absolute Gasteiger partial charge is 0.450 e. The molecule has 72 valence electrons. The molecule has 0 heterocycles. The molecule has 0 fully saturated rings. The Bertz CT molecular complexity index is 346. The van der Waals surface area contributed by atoms with Crippen LogP contribution in [0.2, 0.25) is 0 Å². The lowest BCUT2D eigenvalue weighted by Gasteiger charge is -1.92. The molecule has 0 saturated heterocycles. The molecular formula is C11H10O3. The van der Waals surface area contributed by atoms with Crippen LogP contribution in [-0.2, 0) is 11.2 Å². The molecule has 0 spiro atoms. The number of hydrogen-bond donors (Lipinski definition) is 1. The number of benzene rings is 1. The molecule has 1 rings (SSSR count). The van der Waals surface area contributed by atoms with E-state index in [4.69, 9.17) is 5.11 Å². The van der Waals surface area contributed by atoms with Crippen molar-refractivity contribution in [3.8, 4) is 11.8 Å². The Morgan fingerprint density at radius 2 is 2.00 bits per heavy atom. The van der Waals surface area contributed by atoms with Crippen molar-refractivity contribution in [2.24, 2.45) is 0 Å². The zero-order chi connectivity index (χ0) is 10.2. The predicted octanol–water partition coefficient (Wildman–Crippen LogP) is 1.93. The van der Waals surface area contributed by atoms with Gasteiger partial charge < -0.3 is 9.84 Å². The van der Waals surface area contributed by atoms with Gasteiger partial charge in [-0.2, -0.15) is 0 Å². The van der Waals surface area contributed by atoms with E-state index in [9.17, 15) is 4.79 Å². The van der Waals surface area contributed by atoms with Crippen molar-refractivity contribution in [1.82, 2.24) is 0 Å². The predicted molar refractivity (Wildman–Crippen MR) is 51.9 cm³/mol. The first-order chi connectivity index (χ1) is 6.79. The summed E-state index contributed by atoms with van der Waals surface area (Å²) in [6.07, 6.45) is -0.678. The summed E-state index contributed by atoms with van der Waals surface area (Å²) in [7, 11) is 0. The Morgan fingerprint density at radius 3 is 2.64 bits per heavy atom. The minimum absolute atomic E-state index is 0.0673. The zero-order valence-electron chi connectivity index (χ0n) is 7.56. The van der Waals surface area contributed by atoms with E-state index in [1.165, 1.54) is 0 Å². The maximum absolute atomic E-state index is 9.94. The third kappa shape index (κ3) is 4.17. The molecule has 0 atom stereocenters. The van der Waals surface area contributed by atoms with E-state index in [1.54, 1.807) is 0 Å². The molecule has 1 aromatic rings. The minimum Gasteiger partial charge on any atom is -0.450 e. The fourth-order valence-corrected chi connectivity index (χ4v) is 0.909. The third-order valence-corrected chi connectivity index (χ3v) is 1.53. The van der Waals surface area contributed by atoms with Crippen molar-refractivity contribution in [3.05, 3.63) is 35.9 Å². The van der Waals surface area contributed by atoms with Gasteiger partial charge in [-0.05, 0) is 5.56 Å². The van der Waals surface area contributed by atoms with Crippen LogP contribution in [0.4, 0.5) is 4.79 Å². The van der Waals surface area contributed by atoms with E-state index in [-0.39, 0.29) is 6.61 Å². The molecule has 3 heteroatoms. The SMILES string of the molecule is O=C(O)OCC#CCc1ccccc1. The quantitative estimate of drug-likeness (QED) is 0.572. The van der Waals surface area contributed by atoms with Crippen molar-refractivity contribution in [2.45, 2.75) is 6.42 Å². The van der Waals surface area contributed by atoms with Crippen LogP contribution in [0.1, 0.15) is 5.56 Å². The van der Waals surface area contributed by atoms with Gasteiger partial charge in [-0.25, -0.2) is 4.79 Å². The van der Waals surface area contributed by atoms with Gasteiger partial charge in [0.1, 0.15) is 0 Å². The van der Waals surface area contributed by atoms with Gasteiger partial charge in [0.15, 0.2) is 6.61 Å². The van der Waals surface area contributed by atoms with Crippen molar-refractivity contribution >= 4 is 6.16 Å². The molecule has 0 aromatic heterocycles. The number of hydrogen-bond acceptors (Lipinski definition) is 2. The van der Waals surface area contributed by atoms with Crippen LogP contribution in [0.5, 0.6) is 0 Å². The topological polar surface area (TPSA) is 46.5 Å². The van der Waals surface area contributed by atoms with Crippen LogP contribution in [0.25, 0.3) is 0 Å². The van der Waals surface area contributed by atoms with Crippen LogP contribution in [0.15, 0.2) is 30.3 Å². The second-order valence-electron chi connectivity index (χ2n) is 2.57. The summed E-state index contributed by atoms with van der Waals surface area (Å²) in [5.41, 5.74) is 1.11. The molecule has 0 saturated carbocycles. The maximum atomic E-state index is 9.94. The highest BCUT2D eigenvalue weighted by molar-refractivity contribution is 5.57. The van der Waals surface area contributed by atoms with E-state index in [0.29, 0.717) is 6.42 Å². The first-order valence-electron chi connectivity index (χ1n) is 4.14. The Morgan fingerprint density at radius 1 is 1.29 bits per heavy atom. The van der Waals surface area contributed by atoms with Gasteiger partial charge in [0.05, 0.1) is 0 Å². The van der Waals surface area contributed by atoms with Gasteiger partial charge in [-0.1, -0.05) is 42.2 Å². The normalized spacial score (nSPS) is 8.57. The van der Waals surface area contributed by atoms with Gasteiger partial charge >= 0.3 is 6.16 Å². The summed E-state index contributed by atoms with van der Waals surface area (Å²) in [5.74, 6) is 5.43. The molecule has 0 bridgehead atoms. The lowest BCUT2D eigenvalue weighted by molar-refractivity contribution is 0.103. The highest BCUT2D eigenvalue weighted by Crippen LogP contribution is 1.97. The number of carboxylic acid groups (broad SMARTS) is 1. The minimum atomic E-state index is -1.29. The first kappa shape index (κ1) is 10.1. The monoisotopic (exact) mass is 190 g/mol. The molecule has 0 amide bonds. The molecule has 0 radical (unpaired) electrons. The molecule has 0 aliphatic rings. The summed E-state index contributed by atoms with van der Waals surface area (Å²) in [6.45, 7) is -0.0673. The van der Waals surface area contributed by atoms with Gasteiger partial charge in [0, 0.05) is 6.42 Å². The molecule has 0 aliphatic carbocycles. The van der Waals surface area contributed by atoms with Gasteiger partial charge in [-0.15, -0.1) is 0 Å². The van der Waals surface area contributed by atoms with E-state index < -0.39 is 6.16 Å². The molecule has 14 heavy (non-hydrogen) atoms. The van der Waals surface area contributed by atoms with Gasteiger partial charge in [0.2, 0.25) is 0 Å². The largest absolute Gasteiger partial charge is 0.506 e. The van der Waals surface area contributed by atoms with E-state index >= 15 is 0 Å². The van der Waals surface area contributed by atoms with Crippen LogP contribution in [-0.4, -0.2) is 17.9 Å². The van der Waals surface area contributed by atoms with Crippen LogP contribution in [0.3, 0.4) is 0 Å². The molecule has 3 nitrogen and oxygen atoms in total. The summed E-state index contributed by atoms with van der Waals surface area (Å²) in [4.78, 5) is 9.94. The van der Waals surface area contributed by atoms with Crippen LogP contribution < -0.4 is 0 Å². The lowest BCUT2D eigenvalue weighted by atomic mass is 10.2. The zero-order valence-corrected chi connectivity index (χ0v) is 7.56. The van der Waals surface area contributed by atoms with Crippen LogP contribution >= 0.6 is 0 Å². The summed E-state index contributed by atoms with van der Waals surface area (Å²) >= 11 is 0. The standard InChI is InChI=1S/C11H10O3/c12-11(13)14-9-5-4-8-10-6-2-1-3-7-10/h1-3,6-7H,8-9H2,(H,12,13). The average molecular weight is 190 g/mol. The number of rotatable bonds is 2. The number of ether oxygens (including phenoxy) is 1. The summed E-state index contributed by atoms with van der Waals surface area (Å²) < 4.78 is 4.22. The Balaban J connectivity index is 2.30. The highest BCUT2D eigenvalue weighted by Gasteiger charge is 1.90. The Hall–Kier alpha value is -1.95. The highest BCUT2D eigenvalue weighted by atomic mass is 16.7. The summed E-state index contributed by atoms with van der Waals surface area (Å²) in [6, 6.07) is 9.74. The van der Waals surface area contributed by atoms with Crippen molar-refractivity contribution < 1.29 is 14.6 Å². The van der Waals surface area contributed by atoms with E-state index in [2.05, 4.69) is 16.6 Å². The van der Waals surface area contributed by atoms with E-state index in [0.717, 1.165) is 5.56 Å². The maximum Gasteiger partial charge on any atom is 0.506 e. The third-order valence-electron chi connectivity index (χ3n) is 1.53. The summed E-state index contributed by atoms with van der Waals surface area (Å²) in [5, 5.41) is 8.14. The van der Waals surface area contributed by atoms with Crippen molar-refractivity contribution in [3.63, 3.8) is 0 Å². The van der Waals surface area contributed by atoms with Crippen molar-refractivity contribution in [2.75, 3.05) is 6.61 Å². The lowest BCUT2D eigenvalue weighted by Crippen LogP contribution is -1.99. The second-order valence-corrected chi connectivity index (χ2v) is 2.57. The molecule has 1 N–H and O–H groups in total. The second kappa shape index (κ2) is 5.65. The van der Waals surface area contributed by atoms with Gasteiger partial charge in [0.25, 0.3) is 0 Å². The Labute approximate surface area is 82.3 Å². The average Bonchev–Trinajstić information content (AvgIpc) is 2.18. The fraction of sp³-hybridized carbons (Fsp3) is 0.182. The fourth-order valence-electron chi connectivity index (χ4n) is 0.909.